The first-order chi connectivity index (χ1) is 13.0. The van der Waals surface area contributed by atoms with Crippen molar-refractivity contribution in [3.8, 4) is 11.8 Å². The summed E-state index contributed by atoms with van der Waals surface area (Å²) in [6, 6.07) is 9.40. The Morgan fingerprint density at radius 1 is 1.48 bits per heavy atom. The van der Waals surface area contributed by atoms with Crippen molar-refractivity contribution in [2.45, 2.75) is 37.6 Å². The highest BCUT2D eigenvalue weighted by Crippen LogP contribution is 2.39. The van der Waals surface area contributed by atoms with Crippen LogP contribution in [0.1, 0.15) is 31.6 Å². The Morgan fingerprint density at radius 2 is 2.22 bits per heavy atom. The molecule has 1 heterocycles. The minimum Gasteiger partial charge on any atom is -0.484 e. The Bertz CT molecular complexity index is 903. The number of thioether (sulfide) groups is 1. The molecule has 0 spiro atoms. The molecule has 27 heavy (non-hydrogen) atoms. The number of Topliss-reactive ketones (excluding diaryl/α,β-unsaturated/α-hetero) is 1. The lowest BCUT2D eigenvalue weighted by molar-refractivity contribution is -0.117. The summed E-state index contributed by atoms with van der Waals surface area (Å²) in [5, 5.41) is 26.1. The second-order valence-electron chi connectivity index (χ2n) is 6.22. The van der Waals surface area contributed by atoms with E-state index < -0.39 is 5.92 Å². The van der Waals surface area contributed by atoms with E-state index in [2.05, 4.69) is 10.2 Å². The number of halogens is 1. The van der Waals surface area contributed by atoms with Gasteiger partial charge >= 0.3 is 0 Å². The van der Waals surface area contributed by atoms with Crippen LogP contribution in [-0.4, -0.2) is 32.0 Å². The Balaban J connectivity index is 1.69. The van der Waals surface area contributed by atoms with Crippen LogP contribution in [0.4, 0.5) is 0 Å². The van der Waals surface area contributed by atoms with Crippen molar-refractivity contribution in [3.05, 3.63) is 35.1 Å². The lowest BCUT2D eigenvalue weighted by Crippen LogP contribution is -2.21. The molecule has 1 atom stereocenters. The number of aromatic nitrogens is 3. The first kappa shape index (κ1) is 19.4. The van der Waals surface area contributed by atoms with E-state index in [9.17, 15) is 4.79 Å². The second-order valence-corrected chi connectivity index (χ2v) is 7.57. The molecular formula is C18H18ClN5O2S. The maximum absolute atomic E-state index is 12.2. The van der Waals surface area contributed by atoms with Crippen molar-refractivity contribution >= 4 is 34.9 Å². The Morgan fingerprint density at radius 3 is 2.85 bits per heavy atom. The topological polar surface area (TPSA) is 105 Å². The van der Waals surface area contributed by atoms with E-state index in [1.807, 2.05) is 22.8 Å². The fourth-order valence-corrected chi connectivity index (χ4v) is 3.66. The molecule has 0 saturated heterocycles. The minimum absolute atomic E-state index is 0.0561. The average Bonchev–Trinajstić information content (AvgIpc) is 3.40. The summed E-state index contributed by atoms with van der Waals surface area (Å²) in [7, 11) is 0. The Kier molecular flexibility index (Phi) is 6.14. The molecule has 1 aromatic heterocycles. The molecule has 7 nitrogen and oxygen atoms in total. The maximum Gasteiger partial charge on any atom is 0.192 e. The number of benzene rings is 1. The second kappa shape index (κ2) is 8.55. The van der Waals surface area contributed by atoms with Crippen LogP contribution in [0.3, 0.4) is 0 Å². The number of nitrogens with one attached hydrogen (secondary N) is 1. The van der Waals surface area contributed by atoms with Gasteiger partial charge in [0.2, 0.25) is 0 Å². The summed E-state index contributed by atoms with van der Waals surface area (Å²) in [6.07, 6.45) is 2.05. The molecule has 2 aromatic rings. The number of para-hydroxylation sites is 1. The maximum atomic E-state index is 12.2. The fraction of sp³-hybridized carbons (Fsp3) is 0.389. The minimum atomic E-state index is -1.00. The van der Waals surface area contributed by atoms with Crippen molar-refractivity contribution in [2.75, 3.05) is 5.75 Å². The van der Waals surface area contributed by atoms with E-state index in [0.717, 1.165) is 12.8 Å². The molecule has 1 aliphatic rings. The summed E-state index contributed by atoms with van der Waals surface area (Å²) < 4.78 is 7.76. The molecule has 3 rings (SSSR count). The summed E-state index contributed by atoms with van der Waals surface area (Å²) in [4.78, 5) is 12.2. The van der Waals surface area contributed by atoms with E-state index >= 15 is 0 Å². The molecule has 1 unspecified atom stereocenters. The molecule has 0 aliphatic heterocycles. The first-order valence-corrected chi connectivity index (χ1v) is 9.79. The highest BCUT2D eigenvalue weighted by atomic mass is 35.5. The van der Waals surface area contributed by atoms with Crippen molar-refractivity contribution in [2.24, 2.45) is 5.92 Å². The summed E-state index contributed by atoms with van der Waals surface area (Å²) in [5.41, 5.74) is 0.0561. The summed E-state index contributed by atoms with van der Waals surface area (Å²) >= 11 is 7.35. The molecule has 9 heteroatoms. The van der Waals surface area contributed by atoms with Crippen LogP contribution in [-0.2, 0) is 11.4 Å². The Hall–Kier alpha value is -2.37. The standard InChI is InChI=1S/C18H18ClN5O2S/c1-11(21)13(8-20)15(25)10-27-18-23-22-17(24(18)12-6-7-12)9-26-16-5-3-2-4-14(16)19/h2-5,12-13,21H,6-7,9-10H2,1H3. The molecule has 140 valence electrons. The number of carbonyl (C=O) groups is 1. The van der Waals surface area contributed by atoms with Gasteiger partial charge in [0, 0.05) is 11.8 Å². The van der Waals surface area contributed by atoms with Crippen LogP contribution in [0.15, 0.2) is 29.4 Å². The molecule has 1 N–H and O–H groups in total. The van der Waals surface area contributed by atoms with E-state index in [1.54, 1.807) is 12.1 Å². The zero-order valence-corrected chi connectivity index (χ0v) is 16.3. The SMILES string of the molecule is CC(=N)C(C#N)C(=O)CSc1nnc(COc2ccccc2Cl)n1C1CC1. The first-order valence-electron chi connectivity index (χ1n) is 8.42. The number of carbonyl (C=O) groups excluding carboxylic acids is 1. The molecule has 1 aromatic carbocycles. The number of rotatable bonds is 9. The van der Waals surface area contributed by atoms with Gasteiger partial charge in [0.05, 0.1) is 16.8 Å². The van der Waals surface area contributed by atoms with E-state index in [1.165, 1.54) is 18.7 Å². The number of hydrogen-bond donors (Lipinski definition) is 1. The van der Waals surface area contributed by atoms with Crippen LogP contribution < -0.4 is 4.74 Å². The van der Waals surface area contributed by atoms with Crippen LogP contribution in [0, 0.1) is 22.7 Å². The molecule has 1 fully saturated rings. The lowest BCUT2D eigenvalue weighted by atomic mass is 10.0. The number of ketones is 1. The van der Waals surface area contributed by atoms with Gasteiger partial charge < -0.3 is 10.1 Å². The van der Waals surface area contributed by atoms with Crippen molar-refractivity contribution in [1.29, 1.82) is 10.7 Å². The van der Waals surface area contributed by atoms with E-state index in [-0.39, 0.29) is 23.9 Å². The van der Waals surface area contributed by atoms with Crippen LogP contribution >= 0.6 is 23.4 Å². The third-order valence-corrected chi connectivity index (χ3v) is 5.35. The molecule has 0 radical (unpaired) electrons. The predicted octanol–water partition coefficient (Wildman–Crippen LogP) is 3.69. The number of nitriles is 1. The lowest BCUT2D eigenvalue weighted by Gasteiger charge is -2.11. The quantitative estimate of drug-likeness (QED) is 0.505. The number of hydrogen-bond acceptors (Lipinski definition) is 7. The van der Waals surface area contributed by atoms with Crippen molar-refractivity contribution in [1.82, 2.24) is 14.8 Å². The molecular weight excluding hydrogens is 386 g/mol. The molecule has 0 bridgehead atoms. The van der Waals surface area contributed by atoms with E-state index in [4.69, 9.17) is 27.0 Å². The largest absolute Gasteiger partial charge is 0.484 e. The van der Waals surface area contributed by atoms with Crippen LogP contribution in [0.25, 0.3) is 0 Å². The zero-order valence-electron chi connectivity index (χ0n) is 14.7. The van der Waals surface area contributed by atoms with Gasteiger partial charge in [0.25, 0.3) is 0 Å². The van der Waals surface area contributed by atoms with Crippen molar-refractivity contribution in [3.63, 3.8) is 0 Å². The Labute approximate surface area is 166 Å². The van der Waals surface area contributed by atoms with Crippen LogP contribution in [0.5, 0.6) is 5.75 Å². The van der Waals surface area contributed by atoms with Gasteiger partial charge in [-0.1, -0.05) is 35.5 Å². The third-order valence-electron chi connectivity index (χ3n) is 4.07. The van der Waals surface area contributed by atoms with E-state index in [0.29, 0.717) is 27.8 Å². The van der Waals surface area contributed by atoms with Gasteiger partial charge in [-0.05, 0) is 31.9 Å². The summed E-state index contributed by atoms with van der Waals surface area (Å²) in [5.74, 6) is 0.0247. The van der Waals surface area contributed by atoms with Gasteiger partial charge in [-0.15, -0.1) is 10.2 Å². The van der Waals surface area contributed by atoms with Crippen molar-refractivity contribution < 1.29 is 9.53 Å². The predicted molar refractivity (Wildman–Crippen MR) is 102 cm³/mol. The van der Waals surface area contributed by atoms with Crippen LogP contribution in [0.2, 0.25) is 5.02 Å². The fourth-order valence-electron chi connectivity index (χ4n) is 2.54. The van der Waals surface area contributed by atoms with Gasteiger partial charge in [0.15, 0.2) is 16.8 Å². The summed E-state index contributed by atoms with van der Waals surface area (Å²) in [6.45, 7) is 1.69. The number of nitrogens with zero attached hydrogens (tertiary/aromatic N) is 4. The third kappa shape index (κ3) is 4.67. The smallest absolute Gasteiger partial charge is 0.192 e. The zero-order chi connectivity index (χ0) is 19.4. The highest BCUT2D eigenvalue weighted by Gasteiger charge is 2.30. The highest BCUT2D eigenvalue weighted by molar-refractivity contribution is 7.99. The molecule has 1 saturated carbocycles. The van der Waals surface area contributed by atoms with Gasteiger partial charge in [-0.25, -0.2) is 0 Å². The average molecular weight is 404 g/mol. The van der Waals surface area contributed by atoms with Gasteiger partial charge in [0.1, 0.15) is 18.3 Å². The number of ether oxygens (including phenoxy) is 1. The van der Waals surface area contributed by atoms with Gasteiger partial charge in [-0.2, -0.15) is 5.26 Å². The molecule has 1 aliphatic carbocycles. The monoisotopic (exact) mass is 403 g/mol. The van der Waals surface area contributed by atoms with Gasteiger partial charge in [-0.3, -0.25) is 9.36 Å². The normalized spacial score (nSPS) is 14.4. The molecule has 0 amide bonds.